The molecule has 0 aromatic heterocycles. The summed E-state index contributed by atoms with van der Waals surface area (Å²) in [5.41, 5.74) is 0.844. The lowest BCUT2D eigenvalue weighted by Crippen LogP contribution is -2.43. The lowest BCUT2D eigenvalue weighted by atomic mass is 9.86. The summed E-state index contributed by atoms with van der Waals surface area (Å²) in [7, 11) is 0. The van der Waals surface area contributed by atoms with Crippen LogP contribution in [0.3, 0.4) is 0 Å². The minimum Gasteiger partial charge on any atom is -0.484 e. The van der Waals surface area contributed by atoms with Crippen LogP contribution in [0.2, 0.25) is 0 Å². The van der Waals surface area contributed by atoms with Crippen LogP contribution in [0.25, 0.3) is 0 Å². The highest BCUT2D eigenvalue weighted by atomic mass is 16.5. The van der Waals surface area contributed by atoms with E-state index in [0.29, 0.717) is 18.1 Å². The Morgan fingerprint density at radius 1 is 1.29 bits per heavy atom. The Kier molecular flexibility index (Phi) is 5.38. The first-order valence-corrected chi connectivity index (χ1v) is 8.96. The molecule has 24 heavy (non-hydrogen) atoms. The van der Waals surface area contributed by atoms with Gasteiger partial charge < -0.3 is 15.0 Å². The minimum atomic E-state index is -0.0728. The number of nitrogens with zero attached hydrogens (tertiary/aromatic N) is 1. The van der Waals surface area contributed by atoms with Crippen LogP contribution >= 0.6 is 0 Å². The topological polar surface area (TPSA) is 58.6 Å². The minimum absolute atomic E-state index is 0.0145. The van der Waals surface area contributed by atoms with Crippen LogP contribution in [-0.2, 0) is 9.59 Å². The maximum atomic E-state index is 12.1. The van der Waals surface area contributed by atoms with Crippen molar-refractivity contribution in [3.05, 3.63) is 24.3 Å². The van der Waals surface area contributed by atoms with Crippen molar-refractivity contribution in [1.29, 1.82) is 0 Å². The fourth-order valence-corrected chi connectivity index (χ4v) is 3.59. The lowest BCUT2D eigenvalue weighted by Gasteiger charge is -2.29. The third kappa shape index (κ3) is 4.08. The number of hydrogen-bond acceptors (Lipinski definition) is 3. The molecule has 130 valence electrons. The van der Waals surface area contributed by atoms with Crippen molar-refractivity contribution in [3.63, 3.8) is 0 Å². The van der Waals surface area contributed by atoms with Gasteiger partial charge in [-0.25, -0.2) is 0 Å². The van der Waals surface area contributed by atoms with Crippen molar-refractivity contribution < 1.29 is 14.3 Å². The zero-order valence-electron chi connectivity index (χ0n) is 14.3. The Labute approximate surface area is 143 Å². The Morgan fingerprint density at radius 2 is 2.12 bits per heavy atom. The first-order valence-electron chi connectivity index (χ1n) is 8.96. The highest BCUT2D eigenvalue weighted by molar-refractivity contribution is 5.95. The Balaban J connectivity index is 1.52. The average molecular weight is 330 g/mol. The third-order valence-corrected chi connectivity index (χ3v) is 5.03. The standard InChI is InChI=1S/C19H26N2O3/c1-14-6-2-3-9-17(14)20-18(22)13-24-16-8-4-7-15(12-16)21-11-5-10-19(21)23/h4,7-8,12,14,17H,2-3,5-6,9-11,13H2,1H3,(H,20,22). The largest absolute Gasteiger partial charge is 0.484 e. The van der Waals surface area contributed by atoms with Crippen molar-refractivity contribution in [3.8, 4) is 5.75 Å². The molecule has 0 radical (unpaired) electrons. The molecule has 5 nitrogen and oxygen atoms in total. The highest BCUT2D eigenvalue weighted by Crippen LogP contribution is 2.26. The van der Waals surface area contributed by atoms with Gasteiger partial charge in [0.15, 0.2) is 6.61 Å². The van der Waals surface area contributed by atoms with Crippen LogP contribution in [0.4, 0.5) is 5.69 Å². The van der Waals surface area contributed by atoms with Gasteiger partial charge in [-0.2, -0.15) is 0 Å². The number of carbonyl (C=O) groups is 2. The van der Waals surface area contributed by atoms with Gasteiger partial charge in [-0.05, 0) is 37.3 Å². The van der Waals surface area contributed by atoms with Crippen molar-refractivity contribution in [2.24, 2.45) is 5.92 Å². The van der Waals surface area contributed by atoms with E-state index in [9.17, 15) is 9.59 Å². The number of rotatable bonds is 5. The number of anilines is 1. The number of hydrogen-bond donors (Lipinski definition) is 1. The molecule has 3 rings (SSSR count). The molecular weight excluding hydrogens is 304 g/mol. The molecule has 2 atom stereocenters. The third-order valence-electron chi connectivity index (χ3n) is 5.03. The lowest BCUT2D eigenvalue weighted by molar-refractivity contribution is -0.124. The summed E-state index contributed by atoms with van der Waals surface area (Å²) in [6.45, 7) is 2.96. The predicted octanol–water partition coefficient (Wildman–Crippen LogP) is 2.89. The molecule has 0 spiro atoms. The molecule has 2 amide bonds. The molecule has 2 unspecified atom stereocenters. The van der Waals surface area contributed by atoms with E-state index in [1.807, 2.05) is 24.3 Å². The van der Waals surface area contributed by atoms with Crippen molar-refractivity contribution in [2.75, 3.05) is 18.1 Å². The van der Waals surface area contributed by atoms with E-state index >= 15 is 0 Å². The number of carbonyl (C=O) groups excluding carboxylic acids is 2. The summed E-state index contributed by atoms with van der Waals surface area (Å²) in [5, 5.41) is 3.09. The molecular formula is C19H26N2O3. The average Bonchev–Trinajstić information content (AvgIpc) is 3.01. The molecule has 1 aliphatic carbocycles. The highest BCUT2D eigenvalue weighted by Gasteiger charge is 2.23. The fourth-order valence-electron chi connectivity index (χ4n) is 3.59. The predicted molar refractivity (Wildman–Crippen MR) is 93.1 cm³/mol. The van der Waals surface area contributed by atoms with Crippen LogP contribution in [0.15, 0.2) is 24.3 Å². The zero-order valence-corrected chi connectivity index (χ0v) is 14.3. The van der Waals surface area contributed by atoms with E-state index in [0.717, 1.165) is 25.1 Å². The maximum absolute atomic E-state index is 12.1. The molecule has 5 heteroatoms. The van der Waals surface area contributed by atoms with Gasteiger partial charge in [-0.1, -0.05) is 25.8 Å². The quantitative estimate of drug-likeness (QED) is 0.903. The second kappa shape index (κ2) is 7.69. The molecule has 2 aliphatic rings. The molecule has 1 saturated heterocycles. The van der Waals surface area contributed by atoms with Crippen molar-refractivity contribution in [2.45, 2.75) is 51.5 Å². The Morgan fingerprint density at radius 3 is 2.88 bits per heavy atom. The summed E-state index contributed by atoms with van der Waals surface area (Å²) in [5.74, 6) is 1.24. The van der Waals surface area contributed by atoms with Crippen LogP contribution < -0.4 is 15.0 Å². The molecule has 1 aliphatic heterocycles. The summed E-state index contributed by atoms with van der Waals surface area (Å²) in [6, 6.07) is 7.68. The molecule has 1 saturated carbocycles. The van der Waals surface area contributed by atoms with E-state index in [2.05, 4.69) is 12.2 Å². The van der Waals surface area contributed by atoms with Crippen LogP contribution in [0.5, 0.6) is 5.75 Å². The molecule has 2 fully saturated rings. The zero-order chi connectivity index (χ0) is 16.9. The first kappa shape index (κ1) is 16.8. The van der Waals surface area contributed by atoms with E-state index in [4.69, 9.17) is 4.74 Å². The SMILES string of the molecule is CC1CCCCC1NC(=O)COc1cccc(N2CCCC2=O)c1. The van der Waals surface area contributed by atoms with Gasteiger partial charge in [0, 0.05) is 30.8 Å². The van der Waals surface area contributed by atoms with E-state index in [1.54, 1.807) is 4.90 Å². The Bertz CT molecular complexity index is 602. The second-order valence-corrected chi connectivity index (χ2v) is 6.87. The molecule has 1 aromatic carbocycles. The van der Waals surface area contributed by atoms with Gasteiger partial charge in [0.05, 0.1) is 0 Å². The van der Waals surface area contributed by atoms with E-state index < -0.39 is 0 Å². The molecule has 1 aromatic rings. The maximum Gasteiger partial charge on any atom is 0.258 e. The van der Waals surface area contributed by atoms with Crippen molar-refractivity contribution in [1.82, 2.24) is 5.32 Å². The number of benzene rings is 1. The van der Waals surface area contributed by atoms with Gasteiger partial charge in [0.1, 0.15) is 5.75 Å². The van der Waals surface area contributed by atoms with Crippen LogP contribution in [0, 0.1) is 5.92 Å². The summed E-state index contributed by atoms with van der Waals surface area (Å²) in [4.78, 5) is 25.7. The summed E-state index contributed by atoms with van der Waals surface area (Å²) in [6.07, 6.45) is 6.17. The fraction of sp³-hybridized carbons (Fsp3) is 0.579. The summed E-state index contributed by atoms with van der Waals surface area (Å²) >= 11 is 0. The van der Waals surface area contributed by atoms with E-state index in [1.165, 1.54) is 19.3 Å². The van der Waals surface area contributed by atoms with Gasteiger partial charge in [-0.15, -0.1) is 0 Å². The second-order valence-electron chi connectivity index (χ2n) is 6.87. The molecule has 1 heterocycles. The number of nitrogens with one attached hydrogen (secondary N) is 1. The Hall–Kier alpha value is -2.04. The summed E-state index contributed by atoms with van der Waals surface area (Å²) < 4.78 is 5.63. The number of ether oxygens (including phenoxy) is 1. The van der Waals surface area contributed by atoms with Crippen LogP contribution in [-0.4, -0.2) is 31.0 Å². The first-order chi connectivity index (χ1) is 11.6. The van der Waals surface area contributed by atoms with Crippen LogP contribution in [0.1, 0.15) is 45.4 Å². The molecule has 0 bridgehead atoms. The van der Waals surface area contributed by atoms with Gasteiger partial charge in [-0.3, -0.25) is 9.59 Å². The monoisotopic (exact) mass is 330 g/mol. The van der Waals surface area contributed by atoms with E-state index in [-0.39, 0.29) is 24.5 Å². The van der Waals surface area contributed by atoms with Gasteiger partial charge >= 0.3 is 0 Å². The smallest absolute Gasteiger partial charge is 0.258 e. The number of amides is 2. The van der Waals surface area contributed by atoms with Crippen molar-refractivity contribution >= 4 is 17.5 Å². The molecule has 1 N–H and O–H groups in total. The van der Waals surface area contributed by atoms with Gasteiger partial charge in [0.2, 0.25) is 5.91 Å². The normalized spacial score (nSPS) is 24.0. The van der Waals surface area contributed by atoms with Gasteiger partial charge in [0.25, 0.3) is 5.91 Å².